The molecule has 51 heavy (non-hydrogen) atoms. The van der Waals surface area contributed by atoms with E-state index < -0.39 is 0 Å². The van der Waals surface area contributed by atoms with Crippen molar-refractivity contribution in [1.29, 1.82) is 0 Å². The van der Waals surface area contributed by atoms with Crippen LogP contribution in [0.1, 0.15) is 30.5 Å². The Hall–Kier alpha value is -6.23. The van der Waals surface area contributed by atoms with Crippen molar-refractivity contribution in [3.63, 3.8) is 0 Å². The first kappa shape index (κ1) is 29.7. The van der Waals surface area contributed by atoms with E-state index in [1.807, 2.05) is 54.9 Å². The van der Waals surface area contributed by atoms with Crippen molar-refractivity contribution in [1.82, 2.24) is 4.57 Å². The van der Waals surface area contributed by atoms with Gasteiger partial charge in [-0.25, -0.2) is 4.99 Å². The van der Waals surface area contributed by atoms with Gasteiger partial charge < -0.3 is 10.2 Å². The lowest BCUT2D eigenvalue weighted by molar-refractivity contribution is 0.661. The summed E-state index contributed by atoms with van der Waals surface area (Å²) in [6.07, 6.45) is 10.1. The highest BCUT2D eigenvalue weighted by Crippen LogP contribution is 2.51. The Morgan fingerprint density at radius 3 is 2.33 bits per heavy atom. The molecule has 2 aliphatic rings. The van der Waals surface area contributed by atoms with Gasteiger partial charge in [-0.15, -0.1) is 0 Å². The molecule has 2 aromatic heterocycles. The Morgan fingerprint density at radius 2 is 1.45 bits per heavy atom. The lowest BCUT2D eigenvalue weighted by atomic mass is 9.82. The summed E-state index contributed by atoms with van der Waals surface area (Å²) in [6.45, 7) is 4.67. The van der Waals surface area contributed by atoms with Gasteiger partial charge in [-0.2, -0.15) is 0 Å². The molecule has 0 amide bonds. The van der Waals surface area contributed by atoms with Gasteiger partial charge in [-0.05, 0) is 57.7 Å². The quantitative estimate of drug-likeness (QED) is 0.151. The molecule has 2 N–H and O–H groups in total. The second-order valence-corrected chi connectivity index (χ2v) is 14.2. The molecule has 4 heteroatoms. The lowest BCUT2D eigenvalue weighted by Crippen LogP contribution is -2.21. The molecule has 0 bridgehead atoms. The number of aliphatic imine (C=N–C) groups is 1. The van der Waals surface area contributed by atoms with E-state index in [4.69, 9.17) is 15.1 Å². The van der Waals surface area contributed by atoms with Gasteiger partial charge in [0.1, 0.15) is 17.5 Å². The zero-order valence-corrected chi connectivity index (χ0v) is 28.5. The Balaban J connectivity index is 1.25. The number of para-hydroxylation sites is 2. The minimum Gasteiger partial charge on any atom is -0.455 e. The maximum absolute atomic E-state index is 6.65. The molecular formula is C47H35N3O. The normalized spacial score (nSPS) is 17.3. The Bertz CT molecular complexity index is 2840. The predicted molar refractivity (Wildman–Crippen MR) is 213 cm³/mol. The summed E-state index contributed by atoms with van der Waals surface area (Å²) in [5.74, 6) is 0. The third kappa shape index (κ3) is 4.47. The van der Waals surface area contributed by atoms with Crippen molar-refractivity contribution >= 4 is 55.8 Å². The average molecular weight is 658 g/mol. The highest BCUT2D eigenvalue weighted by molar-refractivity contribution is 6.15. The number of allylic oxidation sites excluding steroid dienone is 2. The number of nitrogens with two attached hydrogens (primary N) is 1. The van der Waals surface area contributed by atoms with E-state index in [1.165, 1.54) is 33.0 Å². The van der Waals surface area contributed by atoms with Crippen LogP contribution in [0.5, 0.6) is 0 Å². The Kier molecular flexibility index (Phi) is 6.48. The first-order valence-electron chi connectivity index (χ1n) is 17.5. The molecule has 4 nitrogen and oxygen atoms in total. The molecule has 6 aromatic carbocycles. The summed E-state index contributed by atoms with van der Waals surface area (Å²) in [5.41, 5.74) is 20.8. The van der Waals surface area contributed by atoms with Crippen molar-refractivity contribution in [3.05, 3.63) is 174 Å². The highest BCUT2D eigenvalue weighted by Gasteiger charge is 2.36. The van der Waals surface area contributed by atoms with Crippen LogP contribution < -0.4 is 5.73 Å². The number of hydrogen-bond acceptors (Lipinski definition) is 3. The number of hydrogen-bond donors (Lipinski definition) is 1. The van der Waals surface area contributed by atoms with Crippen LogP contribution in [-0.2, 0) is 5.41 Å². The van der Waals surface area contributed by atoms with E-state index in [2.05, 4.69) is 122 Å². The summed E-state index contributed by atoms with van der Waals surface area (Å²) in [7, 11) is 0. The van der Waals surface area contributed by atoms with Crippen molar-refractivity contribution < 1.29 is 4.42 Å². The van der Waals surface area contributed by atoms with Gasteiger partial charge in [-0.1, -0.05) is 141 Å². The molecular weight excluding hydrogens is 623 g/mol. The van der Waals surface area contributed by atoms with E-state index in [1.54, 1.807) is 0 Å². The minimum absolute atomic E-state index is 0.110. The first-order valence-corrected chi connectivity index (χ1v) is 17.5. The van der Waals surface area contributed by atoms with Crippen LogP contribution in [0.15, 0.2) is 167 Å². The number of fused-ring (bicyclic) bond motifs is 9. The second kappa shape index (κ2) is 11.1. The molecule has 0 radical (unpaired) electrons. The topological polar surface area (TPSA) is 56.5 Å². The molecule has 2 aliphatic carbocycles. The minimum atomic E-state index is -0.251. The summed E-state index contributed by atoms with van der Waals surface area (Å²) in [4.78, 5) is 5.29. The molecule has 0 saturated carbocycles. The lowest BCUT2D eigenvalue weighted by Gasteiger charge is -2.21. The highest BCUT2D eigenvalue weighted by atomic mass is 16.3. The van der Waals surface area contributed by atoms with Gasteiger partial charge in [0, 0.05) is 38.1 Å². The van der Waals surface area contributed by atoms with Crippen molar-refractivity contribution in [2.45, 2.75) is 25.3 Å². The van der Waals surface area contributed by atoms with Gasteiger partial charge >= 0.3 is 0 Å². The number of rotatable bonds is 4. The summed E-state index contributed by atoms with van der Waals surface area (Å²) >= 11 is 0. The van der Waals surface area contributed by atoms with E-state index in [9.17, 15) is 0 Å². The monoisotopic (exact) mass is 657 g/mol. The molecule has 10 rings (SSSR count). The predicted octanol–water partition coefficient (Wildman–Crippen LogP) is 11.4. The molecule has 244 valence electrons. The number of aromatic nitrogens is 1. The molecule has 0 saturated heterocycles. The molecule has 0 spiro atoms. The molecule has 2 heterocycles. The first-order chi connectivity index (χ1) is 25.0. The molecule has 0 aliphatic heterocycles. The zero-order valence-electron chi connectivity index (χ0n) is 28.5. The average Bonchev–Trinajstić information content (AvgIpc) is 3.77. The standard InChI is InChI=1S/C47H35N3O/c1-47(2)39-20-9-6-15-32(39)37-27-43-38(26-40(37)47)33-24-23-30(31-18-12-19-35-34-16-8-11-22-44(34)51-46(31)35)25-42(33)50(43)28-49-45(29-13-4-3-5-14-29)36-17-7-10-21-41(36)48/h3-28,41H,48H2,1-2H3/b45-36-,49-28?. The van der Waals surface area contributed by atoms with Crippen molar-refractivity contribution in [2.75, 3.05) is 0 Å². The van der Waals surface area contributed by atoms with Crippen LogP contribution in [0.4, 0.5) is 0 Å². The fourth-order valence-electron chi connectivity index (χ4n) is 8.33. The van der Waals surface area contributed by atoms with E-state index >= 15 is 0 Å². The third-order valence-corrected chi connectivity index (χ3v) is 10.9. The summed E-state index contributed by atoms with van der Waals surface area (Å²) in [6, 6.07) is 45.1. The largest absolute Gasteiger partial charge is 0.455 e. The Labute approximate surface area is 296 Å². The van der Waals surface area contributed by atoms with Gasteiger partial charge in [0.25, 0.3) is 0 Å². The summed E-state index contributed by atoms with van der Waals surface area (Å²) < 4.78 is 8.75. The molecule has 1 atom stereocenters. The maximum Gasteiger partial charge on any atom is 0.143 e. The fraction of sp³-hybridized carbons (Fsp3) is 0.0851. The fourth-order valence-corrected chi connectivity index (χ4v) is 8.33. The second-order valence-electron chi connectivity index (χ2n) is 14.2. The molecule has 0 fully saturated rings. The SMILES string of the molecule is CC1(C)c2ccccc2-c2cc3c(cc21)c1ccc(-c2cccc4c2oc2ccccc24)cc1n3C=N/C(=C1/C=CC=CC1N)c1ccccc1. The van der Waals surface area contributed by atoms with Crippen LogP contribution >= 0.6 is 0 Å². The van der Waals surface area contributed by atoms with Crippen molar-refractivity contribution in [3.8, 4) is 22.3 Å². The van der Waals surface area contributed by atoms with E-state index in [-0.39, 0.29) is 11.5 Å². The number of benzene rings is 6. The van der Waals surface area contributed by atoms with Crippen molar-refractivity contribution in [2.24, 2.45) is 10.7 Å². The van der Waals surface area contributed by atoms with Crippen LogP contribution in [0, 0.1) is 0 Å². The smallest absolute Gasteiger partial charge is 0.143 e. The van der Waals surface area contributed by atoms with Gasteiger partial charge in [0.15, 0.2) is 0 Å². The van der Waals surface area contributed by atoms with Gasteiger partial charge in [0.05, 0.1) is 22.8 Å². The van der Waals surface area contributed by atoms with Crippen LogP contribution in [0.2, 0.25) is 0 Å². The van der Waals surface area contributed by atoms with E-state index in [0.29, 0.717) is 0 Å². The summed E-state index contributed by atoms with van der Waals surface area (Å²) in [5, 5.41) is 4.63. The maximum atomic E-state index is 6.65. The third-order valence-electron chi connectivity index (χ3n) is 10.9. The number of nitrogens with zero attached hydrogens (tertiary/aromatic N) is 2. The molecule has 8 aromatic rings. The Morgan fingerprint density at radius 1 is 0.686 bits per heavy atom. The number of furan rings is 1. The van der Waals surface area contributed by atoms with Gasteiger partial charge in [-0.3, -0.25) is 4.57 Å². The van der Waals surface area contributed by atoms with Crippen LogP contribution in [0.25, 0.3) is 71.7 Å². The van der Waals surface area contributed by atoms with E-state index in [0.717, 1.165) is 60.9 Å². The van der Waals surface area contributed by atoms with Crippen LogP contribution in [0.3, 0.4) is 0 Å². The van der Waals surface area contributed by atoms with Crippen LogP contribution in [-0.4, -0.2) is 16.9 Å². The zero-order chi connectivity index (χ0) is 34.3. The molecule has 1 unspecified atom stereocenters. The van der Waals surface area contributed by atoms with Gasteiger partial charge in [0.2, 0.25) is 0 Å².